The minimum Gasteiger partial charge on any atom is -0.421 e. The molecule has 1 fully saturated rings. The van der Waals surface area contributed by atoms with Crippen LogP contribution in [0.2, 0.25) is 0 Å². The molecular weight excluding hydrogens is 380 g/mol. The third-order valence-corrected chi connectivity index (χ3v) is 5.20. The number of para-hydroxylation sites is 1. The number of anilines is 2. The number of hydrogen-bond donors (Lipinski definition) is 1. The molecule has 0 aliphatic carbocycles. The molecule has 0 atom stereocenters. The van der Waals surface area contributed by atoms with Crippen molar-refractivity contribution < 1.29 is 9.21 Å². The van der Waals surface area contributed by atoms with Gasteiger partial charge in [-0.05, 0) is 12.1 Å². The molecule has 1 aliphatic rings. The van der Waals surface area contributed by atoms with Gasteiger partial charge in [-0.15, -0.1) is 0 Å². The highest BCUT2D eigenvalue weighted by Crippen LogP contribution is 2.27. The number of benzene rings is 2. The quantitative estimate of drug-likeness (QED) is 0.531. The van der Waals surface area contributed by atoms with Gasteiger partial charge in [-0.3, -0.25) is 4.79 Å². The van der Waals surface area contributed by atoms with Crippen molar-refractivity contribution in [3.63, 3.8) is 0 Å². The highest BCUT2D eigenvalue weighted by atomic mass is 16.4. The van der Waals surface area contributed by atoms with Gasteiger partial charge in [0.2, 0.25) is 5.91 Å². The molecule has 7 nitrogen and oxygen atoms in total. The van der Waals surface area contributed by atoms with Crippen LogP contribution in [0.1, 0.15) is 0 Å². The first-order valence-electron chi connectivity index (χ1n) is 9.63. The van der Waals surface area contributed by atoms with Crippen LogP contribution in [0.4, 0.5) is 11.5 Å². The number of aromatic nitrogens is 2. The van der Waals surface area contributed by atoms with E-state index in [2.05, 4.69) is 15.3 Å². The van der Waals surface area contributed by atoms with Crippen molar-refractivity contribution in [2.75, 3.05) is 23.3 Å². The van der Waals surface area contributed by atoms with Crippen LogP contribution >= 0.6 is 0 Å². The molecule has 4 aromatic rings. The molecule has 1 amide bonds. The molecule has 2 aromatic heterocycles. The SMILES string of the molecule is O=C(Nc1cc2ccccc2oc1=O)C1CN(c2cc(-c3ccccc3)ncn2)C1. The predicted molar refractivity (Wildman–Crippen MR) is 114 cm³/mol. The fourth-order valence-corrected chi connectivity index (χ4v) is 3.50. The van der Waals surface area contributed by atoms with Crippen LogP contribution in [0, 0.1) is 5.92 Å². The van der Waals surface area contributed by atoms with Gasteiger partial charge >= 0.3 is 5.63 Å². The topological polar surface area (TPSA) is 88.3 Å². The molecule has 148 valence electrons. The second kappa shape index (κ2) is 7.44. The van der Waals surface area contributed by atoms with Gasteiger partial charge in [0, 0.05) is 30.1 Å². The lowest BCUT2D eigenvalue weighted by Gasteiger charge is -2.39. The Kier molecular flexibility index (Phi) is 4.48. The molecule has 0 radical (unpaired) electrons. The Hall–Kier alpha value is -4.00. The van der Waals surface area contributed by atoms with E-state index in [-0.39, 0.29) is 17.5 Å². The maximum atomic E-state index is 12.6. The fraction of sp³-hybridized carbons (Fsp3) is 0.130. The summed E-state index contributed by atoms with van der Waals surface area (Å²) in [6.07, 6.45) is 1.53. The first-order valence-corrected chi connectivity index (χ1v) is 9.63. The molecule has 2 aromatic carbocycles. The monoisotopic (exact) mass is 398 g/mol. The summed E-state index contributed by atoms with van der Waals surface area (Å²) in [5.41, 5.74) is 1.95. The van der Waals surface area contributed by atoms with Crippen LogP contribution in [-0.2, 0) is 4.79 Å². The highest BCUT2D eigenvalue weighted by molar-refractivity contribution is 5.95. The number of nitrogens with one attached hydrogen (secondary N) is 1. The van der Waals surface area contributed by atoms with Crippen molar-refractivity contribution in [3.8, 4) is 11.3 Å². The molecule has 1 N–H and O–H groups in total. The zero-order valence-electron chi connectivity index (χ0n) is 16.0. The van der Waals surface area contributed by atoms with Crippen LogP contribution in [0.5, 0.6) is 0 Å². The molecule has 3 heterocycles. The lowest BCUT2D eigenvalue weighted by molar-refractivity contribution is -0.120. The Morgan fingerprint density at radius 3 is 2.60 bits per heavy atom. The highest BCUT2D eigenvalue weighted by Gasteiger charge is 2.34. The van der Waals surface area contributed by atoms with Gasteiger partial charge in [-0.1, -0.05) is 48.5 Å². The van der Waals surface area contributed by atoms with Gasteiger partial charge in [0.15, 0.2) is 0 Å². The maximum Gasteiger partial charge on any atom is 0.360 e. The Bertz CT molecular complexity index is 1280. The van der Waals surface area contributed by atoms with Crippen molar-refractivity contribution >= 4 is 28.4 Å². The van der Waals surface area contributed by atoms with Crippen molar-refractivity contribution in [1.29, 1.82) is 0 Å². The van der Waals surface area contributed by atoms with Gasteiger partial charge in [0.05, 0.1) is 11.6 Å². The fourth-order valence-electron chi connectivity index (χ4n) is 3.50. The van der Waals surface area contributed by atoms with Gasteiger partial charge in [-0.25, -0.2) is 14.8 Å². The summed E-state index contributed by atoms with van der Waals surface area (Å²) >= 11 is 0. The van der Waals surface area contributed by atoms with E-state index in [0.717, 1.165) is 22.5 Å². The van der Waals surface area contributed by atoms with Crippen LogP contribution in [-0.4, -0.2) is 29.0 Å². The molecule has 1 saturated heterocycles. The van der Waals surface area contributed by atoms with Crippen LogP contribution < -0.4 is 15.8 Å². The Morgan fingerprint density at radius 1 is 1.00 bits per heavy atom. The number of amides is 1. The first kappa shape index (κ1) is 18.1. The van der Waals surface area contributed by atoms with Crippen molar-refractivity contribution in [2.24, 2.45) is 5.92 Å². The molecule has 5 rings (SSSR count). The van der Waals surface area contributed by atoms with E-state index in [1.54, 1.807) is 18.2 Å². The average molecular weight is 398 g/mol. The van der Waals surface area contributed by atoms with Gasteiger partial charge < -0.3 is 14.6 Å². The number of hydrogen-bond acceptors (Lipinski definition) is 6. The molecule has 0 unspecified atom stereocenters. The summed E-state index contributed by atoms with van der Waals surface area (Å²) in [6.45, 7) is 1.05. The van der Waals surface area contributed by atoms with Crippen LogP contribution in [0.3, 0.4) is 0 Å². The maximum absolute atomic E-state index is 12.6. The van der Waals surface area contributed by atoms with E-state index >= 15 is 0 Å². The van der Waals surface area contributed by atoms with E-state index in [9.17, 15) is 9.59 Å². The summed E-state index contributed by atoms with van der Waals surface area (Å²) in [7, 11) is 0. The Morgan fingerprint density at radius 2 is 1.77 bits per heavy atom. The normalized spacial score (nSPS) is 13.8. The largest absolute Gasteiger partial charge is 0.421 e. The molecule has 1 aliphatic heterocycles. The minimum absolute atomic E-state index is 0.158. The smallest absolute Gasteiger partial charge is 0.360 e. The average Bonchev–Trinajstić information content (AvgIpc) is 2.74. The summed E-state index contributed by atoms with van der Waals surface area (Å²) < 4.78 is 5.27. The zero-order chi connectivity index (χ0) is 20.5. The van der Waals surface area contributed by atoms with E-state index in [0.29, 0.717) is 18.7 Å². The van der Waals surface area contributed by atoms with E-state index < -0.39 is 5.63 Å². The third kappa shape index (κ3) is 3.41. The molecular formula is C23H18N4O3. The summed E-state index contributed by atoms with van der Waals surface area (Å²) in [5, 5.41) is 3.47. The number of carbonyl (C=O) groups excluding carboxylic acids is 1. The van der Waals surface area contributed by atoms with Gasteiger partial charge in [0.1, 0.15) is 23.4 Å². The molecule has 30 heavy (non-hydrogen) atoms. The molecule has 0 spiro atoms. The predicted octanol–water partition coefficient (Wildman–Crippen LogP) is 3.32. The third-order valence-electron chi connectivity index (χ3n) is 5.20. The van der Waals surface area contributed by atoms with Gasteiger partial charge in [-0.2, -0.15) is 0 Å². The number of rotatable bonds is 4. The van der Waals surface area contributed by atoms with Crippen molar-refractivity contribution in [1.82, 2.24) is 9.97 Å². The number of carbonyl (C=O) groups is 1. The van der Waals surface area contributed by atoms with Crippen molar-refractivity contribution in [3.05, 3.63) is 83.5 Å². The summed E-state index contributed by atoms with van der Waals surface area (Å²) in [4.78, 5) is 35.4. The lowest BCUT2D eigenvalue weighted by Crippen LogP contribution is -2.52. The van der Waals surface area contributed by atoms with E-state index in [1.165, 1.54) is 6.33 Å². The molecule has 0 bridgehead atoms. The Labute approximate surface area is 172 Å². The molecule has 7 heteroatoms. The molecule has 0 saturated carbocycles. The van der Waals surface area contributed by atoms with E-state index in [4.69, 9.17) is 4.42 Å². The number of nitrogens with zero attached hydrogens (tertiary/aromatic N) is 3. The second-order valence-corrected chi connectivity index (χ2v) is 7.20. The lowest BCUT2D eigenvalue weighted by atomic mass is 9.99. The first-order chi connectivity index (χ1) is 14.7. The summed E-state index contributed by atoms with van der Waals surface area (Å²) in [6, 6.07) is 20.6. The van der Waals surface area contributed by atoms with Crippen molar-refractivity contribution in [2.45, 2.75) is 0 Å². The second-order valence-electron chi connectivity index (χ2n) is 7.20. The van der Waals surface area contributed by atoms with Crippen LogP contribution in [0.25, 0.3) is 22.2 Å². The van der Waals surface area contributed by atoms with E-state index in [1.807, 2.05) is 53.4 Å². The Balaban J connectivity index is 1.27. The minimum atomic E-state index is -0.554. The standard InChI is InChI=1S/C23H18N4O3/c28-22(26-19-10-16-8-4-5-9-20(16)30-23(19)29)17-12-27(13-17)21-11-18(24-14-25-21)15-6-2-1-3-7-15/h1-11,14,17H,12-13H2,(H,26,28). The van der Waals surface area contributed by atoms with Gasteiger partial charge in [0.25, 0.3) is 0 Å². The zero-order valence-corrected chi connectivity index (χ0v) is 16.0. The summed E-state index contributed by atoms with van der Waals surface area (Å²) in [5.74, 6) is 0.343. The number of fused-ring (bicyclic) bond motifs is 1. The van der Waals surface area contributed by atoms with Crippen LogP contribution in [0.15, 0.2) is 82.3 Å².